The molecule has 0 aromatic carbocycles. The fourth-order valence-electron chi connectivity index (χ4n) is 1.64. The largest absolute Gasteiger partial charge is 0.395 e. The lowest BCUT2D eigenvalue weighted by atomic mass is 9.91. The number of rotatable bonds is 6. The van der Waals surface area contributed by atoms with E-state index < -0.39 is 9.84 Å². The molecular formula is C9H19NO3S. The van der Waals surface area contributed by atoms with Crippen LogP contribution in [0.4, 0.5) is 0 Å². The SMILES string of the molecule is CS(=O)(=O)CCN(CCO)C1CCC1. The summed E-state index contributed by atoms with van der Waals surface area (Å²) in [5.41, 5.74) is 0. The maximum absolute atomic E-state index is 11.0. The molecule has 84 valence electrons. The maximum Gasteiger partial charge on any atom is 0.148 e. The normalized spacial score (nSPS) is 18.5. The first-order valence-corrected chi connectivity index (χ1v) is 7.11. The standard InChI is InChI=1S/C9H19NO3S/c1-14(12,13)8-6-10(5-7-11)9-3-2-4-9/h9,11H,2-8H2,1H3. The third kappa shape index (κ3) is 3.94. The summed E-state index contributed by atoms with van der Waals surface area (Å²) in [6.45, 7) is 1.27. The Balaban J connectivity index is 2.35. The Morgan fingerprint density at radius 2 is 2.00 bits per heavy atom. The van der Waals surface area contributed by atoms with Gasteiger partial charge in [0.25, 0.3) is 0 Å². The Hall–Kier alpha value is -0.130. The van der Waals surface area contributed by atoms with Crippen LogP contribution in [0.25, 0.3) is 0 Å². The molecule has 0 atom stereocenters. The number of hydrogen-bond acceptors (Lipinski definition) is 4. The van der Waals surface area contributed by atoms with E-state index in [1.807, 2.05) is 0 Å². The van der Waals surface area contributed by atoms with Gasteiger partial charge in [-0.05, 0) is 12.8 Å². The van der Waals surface area contributed by atoms with Crippen LogP contribution in [0.15, 0.2) is 0 Å². The van der Waals surface area contributed by atoms with Crippen LogP contribution in [0, 0.1) is 0 Å². The van der Waals surface area contributed by atoms with Crippen molar-refractivity contribution in [1.29, 1.82) is 0 Å². The fraction of sp³-hybridized carbons (Fsp3) is 1.00. The summed E-state index contributed by atoms with van der Waals surface area (Å²) in [6.07, 6.45) is 4.77. The number of sulfone groups is 1. The van der Waals surface area contributed by atoms with Crippen molar-refractivity contribution in [3.05, 3.63) is 0 Å². The zero-order valence-corrected chi connectivity index (χ0v) is 9.46. The molecule has 0 saturated heterocycles. The quantitative estimate of drug-likeness (QED) is 0.679. The smallest absolute Gasteiger partial charge is 0.148 e. The zero-order valence-electron chi connectivity index (χ0n) is 8.65. The highest BCUT2D eigenvalue weighted by Gasteiger charge is 2.24. The van der Waals surface area contributed by atoms with Crippen molar-refractivity contribution in [2.24, 2.45) is 0 Å². The summed E-state index contributed by atoms with van der Waals surface area (Å²) in [4.78, 5) is 2.09. The highest BCUT2D eigenvalue weighted by atomic mass is 32.2. The predicted molar refractivity (Wildman–Crippen MR) is 56.0 cm³/mol. The van der Waals surface area contributed by atoms with Crippen LogP contribution in [0.2, 0.25) is 0 Å². The molecule has 14 heavy (non-hydrogen) atoms. The molecular weight excluding hydrogens is 202 g/mol. The summed E-state index contributed by atoms with van der Waals surface area (Å²) in [5.74, 6) is 0.198. The summed E-state index contributed by atoms with van der Waals surface area (Å²) in [6, 6.07) is 0.504. The molecule has 0 amide bonds. The van der Waals surface area contributed by atoms with Crippen molar-refractivity contribution in [3.8, 4) is 0 Å². The molecule has 0 spiro atoms. The molecule has 0 aliphatic heterocycles. The molecule has 0 heterocycles. The number of nitrogens with zero attached hydrogens (tertiary/aromatic N) is 1. The lowest BCUT2D eigenvalue weighted by Crippen LogP contribution is -2.43. The molecule has 0 aromatic rings. The fourth-order valence-corrected chi connectivity index (χ4v) is 2.21. The van der Waals surface area contributed by atoms with Crippen LogP contribution in [0.5, 0.6) is 0 Å². The minimum Gasteiger partial charge on any atom is -0.395 e. The van der Waals surface area contributed by atoms with Gasteiger partial charge in [-0.2, -0.15) is 0 Å². The van der Waals surface area contributed by atoms with Gasteiger partial charge in [0.05, 0.1) is 12.4 Å². The van der Waals surface area contributed by atoms with Gasteiger partial charge < -0.3 is 5.11 Å². The van der Waals surface area contributed by atoms with E-state index in [0.717, 1.165) is 12.8 Å². The molecule has 1 fully saturated rings. The van der Waals surface area contributed by atoms with Crippen LogP contribution in [-0.4, -0.2) is 56.2 Å². The van der Waals surface area contributed by atoms with Gasteiger partial charge in [0.2, 0.25) is 0 Å². The van der Waals surface area contributed by atoms with Gasteiger partial charge >= 0.3 is 0 Å². The highest BCUT2D eigenvalue weighted by Crippen LogP contribution is 2.24. The van der Waals surface area contributed by atoms with E-state index in [0.29, 0.717) is 19.1 Å². The summed E-state index contributed by atoms with van der Waals surface area (Å²) < 4.78 is 22.0. The number of aliphatic hydroxyl groups is 1. The summed E-state index contributed by atoms with van der Waals surface area (Å²) in [7, 11) is -2.88. The molecule has 1 aliphatic rings. The van der Waals surface area contributed by atoms with E-state index in [2.05, 4.69) is 4.90 Å². The molecule has 1 aliphatic carbocycles. The van der Waals surface area contributed by atoms with E-state index in [9.17, 15) is 8.42 Å². The Bertz CT molecular complexity index is 259. The van der Waals surface area contributed by atoms with Crippen LogP contribution in [-0.2, 0) is 9.84 Å². The molecule has 4 nitrogen and oxygen atoms in total. The van der Waals surface area contributed by atoms with Gasteiger partial charge in [0, 0.05) is 25.4 Å². The lowest BCUT2D eigenvalue weighted by molar-refractivity contribution is 0.108. The molecule has 0 bridgehead atoms. The lowest BCUT2D eigenvalue weighted by Gasteiger charge is -2.37. The average Bonchev–Trinajstić information content (AvgIpc) is 1.95. The van der Waals surface area contributed by atoms with E-state index in [4.69, 9.17) is 5.11 Å². The van der Waals surface area contributed by atoms with Crippen molar-refractivity contribution in [2.45, 2.75) is 25.3 Å². The Morgan fingerprint density at radius 3 is 2.36 bits per heavy atom. The van der Waals surface area contributed by atoms with Crippen molar-refractivity contribution < 1.29 is 13.5 Å². The van der Waals surface area contributed by atoms with Crippen molar-refractivity contribution in [3.63, 3.8) is 0 Å². The van der Waals surface area contributed by atoms with Crippen LogP contribution in [0.1, 0.15) is 19.3 Å². The molecule has 1 saturated carbocycles. The first-order chi connectivity index (χ1) is 6.53. The van der Waals surface area contributed by atoms with Crippen molar-refractivity contribution in [1.82, 2.24) is 4.90 Å². The van der Waals surface area contributed by atoms with Gasteiger partial charge in [-0.3, -0.25) is 4.90 Å². The molecule has 0 radical (unpaired) electrons. The zero-order chi connectivity index (χ0) is 10.6. The molecule has 1 N–H and O–H groups in total. The van der Waals surface area contributed by atoms with Gasteiger partial charge in [-0.25, -0.2) is 8.42 Å². The van der Waals surface area contributed by atoms with E-state index in [1.54, 1.807) is 0 Å². The second-order valence-corrected chi connectivity index (χ2v) is 6.23. The van der Waals surface area contributed by atoms with E-state index in [-0.39, 0.29) is 12.4 Å². The minimum atomic E-state index is -2.88. The first kappa shape index (κ1) is 11.9. The monoisotopic (exact) mass is 221 g/mol. The Morgan fingerprint density at radius 1 is 1.36 bits per heavy atom. The first-order valence-electron chi connectivity index (χ1n) is 5.05. The molecule has 0 aromatic heterocycles. The van der Waals surface area contributed by atoms with Crippen molar-refractivity contribution >= 4 is 9.84 Å². The highest BCUT2D eigenvalue weighted by molar-refractivity contribution is 7.90. The Kier molecular flexibility index (Phi) is 4.34. The predicted octanol–water partition coefficient (Wildman–Crippen LogP) is -0.122. The van der Waals surface area contributed by atoms with E-state index in [1.165, 1.54) is 12.7 Å². The second kappa shape index (κ2) is 5.09. The van der Waals surface area contributed by atoms with Crippen LogP contribution >= 0.6 is 0 Å². The van der Waals surface area contributed by atoms with Gasteiger partial charge in [-0.1, -0.05) is 6.42 Å². The molecule has 0 unspecified atom stereocenters. The van der Waals surface area contributed by atoms with Gasteiger partial charge in [-0.15, -0.1) is 0 Å². The van der Waals surface area contributed by atoms with Crippen molar-refractivity contribution in [2.75, 3.05) is 31.7 Å². The van der Waals surface area contributed by atoms with Gasteiger partial charge in [0.15, 0.2) is 0 Å². The minimum absolute atomic E-state index is 0.111. The summed E-state index contributed by atoms with van der Waals surface area (Å²) >= 11 is 0. The van der Waals surface area contributed by atoms with Gasteiger partial charge in [0.1, 0.15) is 9.84 Å². The average molecular weight is 221 g/mol. The van der Waals surface area contributed by atoms with E-state index >= 15 is 0 Å². The molecule has 1 rings (SSSR count). The number of aliphatic hydroxyl groups excluding tert-OH is 1. The summed E-state index contributed by atoms with van der Waals surface area (Å²) in [5, 5.41) is 8.84. The third-order valence-corrected chi connectivity index (χ3v) is 3.65. The maximum atomic E-state index is 11.0. The Labute approximate surface area is 85.8 Å². The van der Waals surface area contributed by atoms with Crippen LogP contribution < -0.4 is 0 Å². The van der Waals surface area contributed by atoms with Crippen LogP contribution in [0.3, 0.4) is 0 Å². The second-order valence-electron chi connectivity index (χ2n) is 3.97. The molecule has 5 heteroatoms. The number of hydrogen-bond donors (Lipinski definition) is 1. The third-order valence-electron chi connectivity index (χ3n) is 2.73. The topological polar surface area (TPSA) is 57.6 Å².